The summed E-state index contributed by atoms with van der Waals surface area (Å²) in [4.78, 5) is 0. The Morgan fingerprint density at radius 3 is 0.583 bits per heavy atom. The highest BCUT2D eigenvalue weighted by atomic mass is 31.2. The van der Waals surface area contributed by atoms with Crippen molar-refractivity contribution < 1.29 is 90.7 Å². The van der Waals surface area contributed by atoms with E-state index in [2.05, 4.69) is 0 Å². The molecule has 2 N–H and O–H groups in total. The van der Waals surface area contributed by atoms with Gasteiger partial charge in [0.05, 0.1) is 72.1 Å². The van der Waals surface area contributed by atoms with Crippen LogP contribution in [-0.4, -0.2) is 36.6 Å². The second-order valence-corrected chi connectivity index (χ2v) is 25.3. The first-order valence-electron chi connectivity index (χ1n) is 22.7. The fraction of sp³-hybridized carbons (Fsp3) is 0.348. The Kier molecular flexibility index (Phi) is 14.8. The summed E-state index contributed by atoms with van der Waals surface area (Å²) in [6.07, 6.45) is -10.4. The average Bonchev–Trinajstić information content (AvgIpc) is 3.90. The molecule has 6 aliphatic rings. The molecule has 2 unspecified atom stereocenters. The molecule has 382 valence electrons. The lowest BCUT2D eigenvalue weighted by atomic mass is 9.84. The Morgan fingerprint density at radius 1 is 0.278 bits per heavy atom. The lowest BCUT2D eigenvalue weighted by Gasteiger charge is -2.49. The van der Waals surface area contributed by atoms with Crippen LogP contribution in [0.4, 0.5) is 0 Å². The largest absolute Gasteiger partial charge is 0.475 e. The van der Waals surface area contributed by atoms with Crippen molar-refractivity contribution >= 4 is 39.1 Å². The first-order valence-corrected chi connectivity index (χ1v) is 30.0. The highest BCUT2D eigenvalue weighted by molar-refractivity contribution is 7.49. The summed E-state index contributed by atoms with van der Waals surface area (Å²) in [5.41, 5.74) is 13.3. The van der Waals surface area contributed by atoms with Crippen molar-refractivity contribution in [2.24, 2.45) is 5.73 Å². The number of hydrogen-bond acceptors (Lipinski definition) is 21. The fourth-order valence-electron chi connectivity index (χ4n) is 8.72. The summed E-state index contributed by atoms with van der Waals surface area (Å²) in [5, 5.41) is 0. The summed E-state index contributed by atoms with van der Waals surface area (Å²) in [6, 6.07) is 33.1. The molecule has 6 atom stereocenters. The monoisotopic (exact) mass is 1090 g/mol. The number of phosphoric ester groups is 5. The van der Waals surface area contributed by atoms with Crippen molar-refractivity contribution in [3.63, 3.8) is 0 Å². The van der Waals surface area contributed by atoms with Gasteiger partial charge in [0.1, 0.15) is 30.5 Å². The van der Waals surface area contributed by atoms with E-state index in [9.17, 15) is 9.13 Å². The van der Waals surface area contributed by atoms with Crippen molar-refractivity contribution in [2.75, 3.05) is 0 Å². The number of nitrogens with two attached hydrogens (primary N) is 1. The molecule has 1 aliphatic carbocycles. The zero-order valence-corrected chi connectivity index (χ0v) is 42.5. The molecule has 0 amide bonds. The Hall–Kier alpha value is -3.39. The summed E-state index contributed by atoms with van der Waals surface area (Å²) >= 11 is 0. The van der Waals surface area contributed by atoms with Gasteiger partial charge in [0.2, 0.25) is 0 Å². The van der Waals surface area contributed by atoms with Crippen LogP contribution in [0.2, 0.25) is 0 Å². The number of rotatable bonds is 10. The molecule has 0 saturated heterocycles. The van der Waals surface area contributed by atoms with Gasteiger partial charge in [-0.2, -0.15) is 0 Å². The Bertz CT molecular complexity index is 2750. The minimum atomic E-state index is -4.95. The molecule has 1 fully saturated rings. The third kappa shape index (κ3) is 11.1. The summed E-state index contributed by atoms with van der Waals surface area (Å²) < 4.78 is 166. The van der Waals surface area contributed by atoms with Crippen molar-refractivity contribution in [1.29, 1.82) is 0 Å². The molecule has 5 aliphatic heterocycles. The number of hydrogen-bond donors (Lipinski definition) is 1. The van der Waals surface area contributed by atoms with Gasteiger partial charge in [-0.3, -0.25) is 67.9 Å². The Labute approximate surface area is 413 Å². The topological polar surface area (TPSA) is 250 Å². The fourth-order valence-corrected chi connectivity index (χ4v) is 15.4. The van der Waals surface area contributed by atoms with Crippen molar-refractivity contribution in [3.05, 3.63) is 177 Å². The van der Waals surface area contributed by atoms with Gasteiger partial charge >= 0.3 is 39.1 Å². The van der Waals surface area contributed by atoms with E-state index < -0.39 is 75.7 Å². The third-order valence-electron chi connectivity index (χ3n) is 12.7. The third-order valence-corrected chi connectivity index (χ3v) is 19.6. The van der Waals surface area contributed by atoms with E-state index in [1.54, 1.807) is 121 Å². The summed E-state index contributed by atoms with van der Waals surface area (Å²) in [5.74, 6) is 0. The molecule has 26 heteroatoms. The molecule has 0 radical (unpaired) electrons. The van der Waals surface area contributed by atoms with Crippen LogP contribution >= 0.6 is 39.1 Å². The van der Waals surface area contributed by atoms with Gasteiger partial charge in [-0.25, -0.2) is 22.8 Å². The molecule has 0 bridgehead atoms. The van der Waals surface area contributed by atoms with E-state index in [-0.39, 0.29) is 66.1 Å². The van der Waals surface area contributed by atoms with E-state index in [4.69, 9.17) is 73.6 Å². The van der Waals surface area contributed by atoms with Crippen molar-refractivity contribution in [3.8, 4) is 0 Å². The maximum Gasteiger partial charge on any atom is 0.475 e. The van der Waals surface area contributed by atoms with Gasteiger partial charge in [-0.05, 0) is 55.6 Å². The highest BCUT2D eigenvalue weighted by Crippen LogP contribution is 2.65. The lowest BCUT2D eigenvalue weighted by Crippen LogP contribution is -2.68. The van der Waals surface area contributed by atoms with E-state index in [1.807, 2.05) is 0 Å². The van der Waals surface area contributed by atoms with Gasteiger partial charge in [0.15, 0.2) is 0 Å². The van der Waals surface area contributed by atoms with Crippen LogP contribution in [0.5, 0.6) is 0 Å². The summed E-state index contributed by atoms with van der Waals surface area (Å²) in [7, 11) is -24.4. The van der Waals surface area contributed by atoms with Crippen molar-refractivity contribution in [2.45, 2.75) is 103 Å². The highest BCUT2D eigenvalue weighted by Gasteiger charge is 2.63. The normalized spacial score (nSPS) is 28.1. The van der Waals surface area contributed by atoms with Crippen LogP contribution in [0, 0.1) is 0 Å². The molecular formula is C46H48NO20P5. The molecule has 5 aromatic carbocycles. The molecule has 72 heavy (non-hydrogen) atoms. The van der Waals surface area contributed by atoms with E-state index in [0.29, 0.717) is 55.6 Å². The van der Waals surface area contributed by atoms with Gasteiger partial charge in [-0.15, -0.1) is 0 Å². The molecule has 5 heterocycles. The molecule has 1 saturated carbocycles. The molecule has 0 aromatic heterocycles. The number of phosphoric acid groups is 5. The number of fused-ring (bicyclic) bond motifs is 5. The van der Waals surface area contributed by atoms with Crippen LogP contribution in [0.1, 0.15) is 55.6 Å². The quantitative estimate of drug-likeness (QED) is 0.128. The van der Waals surface area contributed by atoms with E-state index >= 15 is 13.7 Å². The standard InChI is InChI=1S/C46H48NO20P5/c47-41-42(63-68(48)53-21-31-11-1-2-12-32(31)22-54-68)44(65-70(50)57-25-35-15-5-6-16-36(35)26-58-70)46(67-72(52)61-29-39-19-9-10-20-40(39)30-62-72)45(66-71(51)59-27-37-17-7-8-18-38(37)28-60-71)43(41)64-69(49)55-23-33-13-3-4-14-34(33)24-56-69/h1-20,41-46H,21-30,47H2/t41?,42-,43+,44-,45-,46?/m1/s1. The van der Waals surface area contributed by atoms with E-state index in [1.165, 1.54) is 0 Å². The van der Waals surface area contributed by atoms with Gasteiger partial charge in [-0.1, -0.05) is 121 Å². The van der Waals surface area contributed by atoms with Crippen molar-refractivity contribution in [1.82, 2.24) is 0 Å². The predicted octanol–water partition coefficient (Wildman–Crippen LogP) is 10.5. The van der Waals surface area contributed by atoms with Crippen LogP contribution in [-0.2, 0) is 157 Å². The average molecular weight is 1090 g/mol. The van der Waals surface area contributed by atoms with Crippen LogP contribution in [0.15, 0.2) is 121 Å². The Balaban J connectivity index is 1.03. The second-order valence-electron chi connectivity index (χ2n) is 17.2. The zero-order chi connectivity index (χ0) is 49.6. The molecule has 21 nitrogen and oxygen atoms in total. The van der Waals surface area contributed by atoms with Crippen LogP contribution in [0.25, 0.3) is 0 Å². The minimum Gasteiger partial charge on any atom is -0.323 e. The molecule has 11 rings (SSSR count). The predicted molar refractivity (Wildman–Crippen MR) is 250 cm³/mol. The Morgan fingerprint density at radius 2 is 0.417 bits per heavy atom. The van der Waals surface area contributed by atoms with Gasteiger partial charge in [0, 0.05) is 0 Å². The van der Waals surface area contributed by atoms with Gasteiger partial charge < -0.3 is 5.73 Å². The first kappa shape index (κ1) is 50.8. The van der Waals surface area contributed by atoms with Crippen LogP contribution < -0.4 is 5.73 Å². The SMILES string of the molecule is NC1[C@@H](OP2(=O)OCc3ccccc3CO2)[C@@H](OP2(=O)OCc3ccccc3CO2)C(OP2(=O)OCc3ccccc3CO2)[C@H](OP2(=O)OCc3ccccc3CO2)[C@H]1OP1(=O)OCc2ccccc2CO1. The smallest absolute Gasteiger partial charge is 0.323 e. The molecule has 0 spiro atoms. The minimum absolute atomic E-state index is 0.273. The van der Waals surface area contributed by atoms with Crippen LogP contribution in [0.3, 0.4) is 0 Å². The zero-order valence-electron chi connectivity index (χ0n) is 38.1. The number of benzene rings is 5. The first-order chi connectivity index (χ1) is 34.8. The molecule has 5 aromatic rings. The lowest BCUT2D eigenvalue weighted by molar-refractivity contribution is -0.174. The maximum atomic E-state index is 15.2. The summed E-state index contributed by atoms with van der Waals surface area (Å²) in [6.45, 7) is -2.88. The second kappa shape index (κ2) is 21.0. The van der Waals surface area contributed by atoms with E-state index in [0.717, 1.165) is 0 Å². The maximum absolute atomic E-state index is 15.2. The van der Waals surface area contributed by atoms with Gasteiger partial charge in [0.25, 0.3) is 0 Å². The molecular weight excluding hydrogens is 1040 g/mol.